The minimum atomic E-state index is -1.61. The molecule has 1 fully saturated rings. The zero-order chi connectivity index (χ0) is 56.3. The largest absolute Gasteiger partial charge is 0.459 e. The number of amides is 1. The van der Waals surface area contributed by atoms with E-state index in [4.69, 9.17) is 28.9 Å². The van der Waals surface area contributed by atoms with Crippen molar-refractivity contribution in [1.82, 2.24) is 4.90 Å². The first-order valence-electron chi connectivity index (χ1n) is 28.8. The van der Waals surface area contributed by atoms with Gasteiger partial charge in [-0.3, -0.25) is 25.1 Å². The lowest BCUT2D eigenvalue weighted by Gasteiger charge is -2.59. The number of hydrogen-bond acceptors (Lipinski definition) is 13. The summed E-state index contributed by atoms with van der Waals surface area (Å²) in [6.45, 7) is 6.74. The van der Waals surface area contributed by atoms with Gasteiger partial charge in [-0.05, 0) is 108 Å². The average molecular weight is 1100 g/mol. The average Bonchev–Trinajstić information content (AvgIpc) is 3.66. The molecule has 2 N–H and O–H groups in total. The summed E-state index contributed by atoms with van der Waals surface area (Å²) in [7, 11) is 0. The second-order valence-electron chi connectivity index (χ2n) is 21.4. The Morgan fingerprint density at radius 1 is 0.787 bits per heavy atom. The summed E-state index contributed by atoms with van der Waals surface area (Å²) in [6.07, 6.45) is 18.8. The van der Waals surface area contributed by atoms with Crippen LogP contribution in [0.5, 0.6) is 17.2 Å². The number of allylic oxidation sites excluding steroid dienone is 1. The van der Waals surface area contributed by atoms with Crippen LogP contribution in [0.3, 0.4) is 0 Å². The van der Waals surface area contributed by atoms with Gasteiger partial charge in [0, 0.05) is 49.3 Å². The Balaban J connectivity index is 1.27. The van der Waals surface area contributed by atoms with Crippen molar-refractivity contribution in [3.8, 4) is 17.2 Å². The first-order valence-corrected chi connectivity index (χ1v) is 28.8. The van der Waals surface area contributed by atoms with Gasteiger partial charge in [0.2, 0.25) is 5.79 Å². The molecule has 1 aliphatic heterocycles. The van der Waals surface area contributed by atoms with E-state index >= 15 is 4.79 Å². The molecule has 3 aliphatic rings. The fraction of sp³-hybridized carbons (Fsp3) is 0.469. The Hall–Kier alpha value is -7.14. The van der Waals surface area contributed by atoms with Crippen molar-refractivity contribution in [2.45, 2.75) is 147 Å². The summed E-state index contributed by atoms with van der Waals surface area (Å²) in [6, 6.07) is 30.9. The topological polar surface area (TPSA) is 206 Å². The number of nitro benzene ring substituents is 2. The zero-order valence-corrected chi connectivity index (χ0v) is 46.2. The molecule has 80 heavy (non-hydrogen) atoms. The maximum atomic E-state index is 15.5. The number of rotatable bonds is 32. The molecule has 6 atom stereocenters. The van der Waals surface area contributed by atoms with Crippen molar-refractivity contribution in [2.24, 2.45) is 22.9 Å². The molecule has 0 bridgehead atoms. The number of fused-ring (bicyclic) bond motifs is 3. The molecule has 0 unspecified atom stereocenters. The highest BCUT2D eigenvalue weighted by molar-refractivity contribution is 6.03. The first kappa shape index (κ1) is 59.0. The van der Waals surface area contributed by atoms with E-state index in [0.717, 1.165) is 59.6 Å². The minimum Gasteiger partial charge on any atom is -0.459 e. The van der Waals surface area contributed by atoms with Gasteiger partial charge in [-0.15, -0.1) is 6.58 Å². The van der Waals surface area contributed by atoms with Crippen LogP contribution in [0.2, 0.25) is 0 Å². The fourth-order valence-corrected chi connectivity index (χ4v) is 12.2. The van der Waals surface area contributed by atoms with E-state index in [1.807, 2.05) is 54.6 Å². The van der Waals surface area contributed by atoms with Crippen LogP contribution in [-0.4, -0.2) is 75.0 Å². The van der Waals surface area contributed by atoms with Crippen LogP contribution < -0.4 is 9.47 Å². The highest BCUT2D eigenvalue weighted by Gasteiger charge is 2.66. The maximum Gasteiger partial charge on any atom is 0.410 e. The minimum absolute atomic E-state index is 0.00630. The number of aliphatic hydroxyl groups is 2. The number of nitro groups is 2. The number of ether oxygens (including phenoxy) is 4. The third-order valence-corrected chi connectivity index (χ3v) is 16.0. The first-order chi connectivity index (χ1) is 39.1. The van der Waals surface area contributed by atoms with E-state index in [2.05, 4.69) is 19.6 Å². The van der Waals surface area contributed by atoms with E-state index < -0.39 is 39.6 Å². The molecule has 8 rings (SSSR count). The molecule has 0 spiro atoms. The number of benzene rings is 5. The third kappa shape index (κ3) is 14.6. The van der Waals surface area contributed by atoms with Crippen LogP contribution >= 0.6 is 0 Å². The fourth-order valence-electron chi connectivity index (χ4n) is 12.2. The predicted molar refractivity (Wildman–Crippen MR) is 309 cm³/mol. The van der Waals surface area contributed by atoms with Crippen molar-refractivity contribution in [3.63, 3.8) is 0 Å². The van der Waals surface area contributed by atoms with Crippen molar-refractivity contribution < 1.29 is 48.6 Å². The normalized spacial score (nSPS) is 20.5. The maximum absolute atomic E-state index is 15.5. The molecule has 0 aromatic heterocycles. The van der Waals surface area contributed by atoms with E-state index in [1.54, 1.807) is 41.3 Å². The third-order valence-electron chi connectivity index (χ3n) is 16.0. The molecule has 1 heterocycles. The summed E-state index contributed by atoms with van der Waals surface area (Å²) in [5.41, 5.74) is 3.56. The molecule has 2 aliphatic carbocycles. The number of nitrogens with zero attached hydrogens (tertiary/aromatic N) is 4. The van der Waals surface area contributed by atoms with Crippen LogP contribution in [-0.2, 0) is 27.5 Å². The van der Waals surface area contributed by atoms with Crippen LogP contribution in [0.4, 0.5) is 16.2 Å². The lowest BCUT2D eigenvalue weighted by molar-refractivity contribution is -0.385. The van der Waals surface area contributed by atoms with Crippen molar-refractivity contribution >= 4 is 34.0 Å². The second kappa shape index (κ2) is 29.4. The van der Waals surface area contributed by atoms with Crippen molar-refractivity contribution in [2.75, 3.05) is 26.4 Å². The number of hydrogen-bond donors (Lipinski definition) is 2. The van der Waals surface area contributed by atoms with Gasteiger partial charge in [-0.25, -0.2) is 4.79 Å². The van der Waals surface area contributed by atoms with Gasteiger partial charge in [0.25, 0.3) is 11.4 Å². The molecule has 0 saturated heterocycles. The highest BCUT2D eigenvalue weighted by Crippen LogP contribution is 2.62. The second-order valence-corrected chi connectivity index (χ2v) is 21.4. The molecule has 5 aromatic rings. The SMILES string of the molecule is C=CCO[C@@]12Oc3ccc(Oc4cccc([N+](=O)[O-])c4)cc3[C@H]3[C@H](CCCCO)[C@@H](CCCCO)C=C(C(=NOCc4ccc([N+](=O)[O-])cc4)C[C@@H]1N(Cc1cccc4ccccc14)C(=O)OCCCCCCCCCCCC)[C@H]32. The Bertz CT molecular complexity index is 2920. The Kier molecular flexibility index (Phi) is 21.6. The van der Waals surface area contributed by atoms with E-state index in [1.165, 1.54) is 62.8 Å². The van der Waals surface area contributed by atoms with Crippen LogP contribution in [0, 0.1) is 38.0 Å². The van der Waals surface area contributed by atoms with Gasteiger partial charge in [0.1, 0.15) is 29.9 Å². The molecule has 426 valence electrons. The molecule has 1 amide bonds. The molecule has 0 radical (unpaired) electrons. The Morgan fingerprint density at radius 2 is 1.48 bits per heavy atom. The molecule has 16 nitrogen and oxygen atoms in total. The molecule has 5 aromatic carbocycles. The zero-order valence-electron chi connectivity index (χ0n) is 46.2. The number of oxime groups is 1. The van der Waals surface area contributed by atoms with Crippen LogP contribution in [0.25, 0.3) is 10.8 Å². The predicted octanol–water partition coefficient (Wildman–Crippen LogP) is 14.8. The summed E-state index contributed by atoms with van der Waals surface area (Å²) < 4.78 is 27.6. The highest BCUT2D eigenvalue weighted by atomic mass is 16.7. The van der Waals surface area contributed by atoms with Gasteiger partial charge in [-0.1, -0.05) is 143 Å². The summed E-state index contributed by atoms with van der Waals surface area (Å²) in [5.74, 6) is -1.64. The number of carbonyl (C=O) groups is 1. The molecular weight excluding hydrogens is 1020 g/mol. The number of aliphatic hydroxyl groups excluding tert-OH is 2. The molecule has 16 heteroatoms. The summed E-state index contributed by atoms with van der Waals surface area (Å²) in [5, 5.41) is 50.6. The quantitative estimate of drug-likeness (QED) is 0.0179. The number of unbranched alkanes of at least 4 members (excludes halogenated alkanes) is 11. The molecular formula is C64H78N4O12. The Labute approximate surface area is 469 Å². The van der Waals surface area contributed by atoms with Gasteiger partial charge in [0.05, 0.1) is 47.3 Å². The van der Waals surface area contributed by atoms with Gasteiger partial charge in [-0.2, -0.15) is 0 Å². The van der Waals surface area contributed by atoms with Crippen molar-refractivity contribution in [1.29, 1.82) is 0 Å². The van der Waals surface area contributed by atoms with E-state index in [9.17, 15) is 30.4 Å². The van der Waals surface area contributed by atoms with Crippen LogP contribution in [0.15, 0.2) is 139 Å². The van der Waals surface area contributed by atoms with Crippen LogP contribution in [0.1, 0.15) is 139 Å². The van der Waals surface area contributed by atoms with Gasteiger partial charge in [0.15, 0.2) is 0 Å². The summed E-state index contributed by atoms with van der Waals surface area (Å²) in [4.78, 5) is 46.0. The monoisotopic (exact) mass is 1090 g/mol. The van der Waals surface area contributed by atoms with Gasteiger partial charge >= 0.3 is 6.09 Å². The van der Waals surface area contributed by atoms with Crippen molar-refractivity contribution in [3.05, 3.63) is 170 Å². The Morgan fingerprint density at radius 3 is 2.20 bits per heavy atom. The summed E-state index contributed by atoms with van der Waals surface area (Å²) >= 11 is 0. The standard InChI is InChI=1S/C64H78N4O12/c1-3-5-6-7-8-9-10-11-12-19-39-76-63(71)66(44-49-25-20-24-47-22-13-14-28-54(47)49)60-43-58(65-78-45-46-30-32-50(33-31-46)67(72)73)56-40-48(23-15-17-36-69)55(29-16-18-37-70)61-57-42-53(79-52-27-21-26-51(41-52)68(74)75)34-35-59(57)80-64(60,62(56)61)77-38-4-2/h4,13-14,20-22,24-28,30-35,40-42,48,55,60-62,69-70H,2-3,5-12,15-19,23,29,36-39,43-45H2,1H3/t48-,55+,60-,61+,62+,64+/m0/s1. The lowest BCUT2D eigenvalue weighted by atomic mass is 9.55. The number of non-ortho nitro benzene ring substituents is 2. The molecule has 1 saturated carbocycles. The lowest BCUT2D eigenvalue weighted by Crippen LogP contribution is -2.70. The number of carbonyl (C=O) groups excluding carboxylic acids is 1. The smallest absolute Gasteiger partial charge is 0.410 e. The van der Waals surface area contributed by atoms with E-state index in [-0.39, 0.29) is 75.0 Å². The van der Waals surface area contributed by atoms with E-state index in [0.29, 0.717) is 54.9 Å². The van der Waals surface area contributed by atoms with Gasteiger partial charge < -0.3 is 34.0 Å².